The fraction of sp³-hybridized carbons (Fsp3) is 0.833. The Morgan fingerprint density at radius 3 is 2.71 bits per heavy atom. The van der Waals surface area contributed by atoms with Gasteiger partial charge in [0.25, 0.3) is 0 Å². The second kappa shape index (κ2) is 5.60. The average molecular weight is 239 g/mol. The van der Waals surface area contributed by atoms with E-state index in [2.05, 4.69) is 10.1 Å². The van der Waals surface area contributed by atoms with Crippen LogP contribution < -0.4 is 5.73 Å². The van der Waals surface area contributed by atoms with Crippen LogP contribution in [0.1, 0.15) is 62.9 Å². The molecule has 1 aromatic rings. The summed E-state index contributed by atoms with van der Waals surface area (Å²) in [5, 5.41) is 3.91. The first-order chi connectivity index (χ1) is 8.22. The largest absolute Gasteiger partial charge is 0.374 e. The zero-order valence-electron chi connectivity index (χ0n) is 10.6. The molecule has 0 saturated heterocycles. The molecule has 1 fully saturated rings. The van der Waals surface area contributed by atoms with Crippen LogP contribution in [0.2, 0.25) is 0 Å². The average Bonchev–Trinajstić information content (AvgIpc) is 2.87. The SMILES string of the molecule is COC(C)c1noc(C(N)C2CCCCC2)n1. The first-order valence-corrected chi connectivity index (χ1v) is 6.34. The van der Waals surface area contributed by atoms with Crippen molar-refractivity contribution in [2.75, 3.05) is 7.11 Å². The summed E-state index contributed by atoms with van der Waals surface area (Å²) in [6.45, 7) is 1.89. The number of hydrogen-bond acceptors (Lipinski definition) is 5. The van der Waals surface area contributed by atoms with Gasteiger partial charge < -0.3 is 15.0 Å². The lowest BCUT2D eigenvalue weighted by Crippen LogP contribution is -2.23. The van der Waals surface area contributed by atoms with Crippen LogP contribution in [0.4, 0.5) is 0 Å². The van der Waals surface area contributed by atoms with Crippen LogP contribution in [0, 0.1) is 5.92 Å². The van der Waals surface area contributed by atoms with E-state index in [-0.39, 0.29) is 12.1 Å². The second-order valence-electron chi connectivity index (χ2n) is 4.79. The summed E-state index contributed by atoms with van der Waals surface area (Å²) >= 11 is 0. The molecule has 2 unspecified atom stereocenters. The Kier molecular flexibility index (Phi) is 4.12. The number of aromatic nitrogens is 2. The lowest BCUT2D eigenvalue weighted by Gasteiger charge is -2.24. The summed E-state index contributed by atoms with van der Waals surface area (Å²) in [7, 11) is 1.63. The normalized spacial score (nSPS) is 21.4. The van der Waals surface area contributed by atoms with E-state index in [4.69, 9.17) is 15.0 Å². The maximum atomic E-state index is 6.19. The van der Waals surface area contributed by atoms with Crippen molar-refractivity contribution in [2.45, 2.75) is 51.2 Å². The molecule has 1 aromatic heterocycles. The standard InChI is InChI=1S/C12H21N3O2/c1-8(16-2)11-14-12(17-15-11)10(13)9-6-4-3-5-7-9/h8-10H,3-7,13H2,1-2H3. The quantitative estimate of drug-likeness (QED) is 0.873. The van der Waals surface area contributed by atoms with Crippen LogP contribution in [0.3, 0.4) is 0 Å². The van der Waals surface area contributed by atoms with E-state index < -0.39 is 0 Å². The van der Waals surface area contributed by atoms with Crippen LogP contribution in [0.5, 0.6) is 0 Å². The van der Waals surface area contributed by atoms with E-state index in [0.29, 0.717) is 17.6 Å². The fourth-order valence-corrected chi connectivity index (χ4v) is 2.35. The molecule has 2 rings (SSSR count). The molecule has 1 heterocycles. The van der Waals surface area contributed by atoms with Gasteiger partial charge >= 0.3 is 0 Å². The van der Waals surface area contributed by atoms with Crippen molar-refractivity contribution in [2.24, 2.45) is 11.7 Å². The minimum Gasteiger partial charge on any atom is -0.374 e. The third kappa shape index (κ3) is 2.84. The highest BCUT2D eigenvalue weighted by molar-refractivity contribution is 4.96. The summed E-state index contributed by atoms with van der Waals surface area (Å²) < 4.78 is 10.4. The smallest absolute Gasteiger partial charge is 0.243 e. The Bertz CT molecular complexity index is 347. The molecule has 0 radical (unpaired) electrons. The minimum atomic E-state index is -0.147. The lowest BCUT2D eigenvalue weighted by atomic mass is 9.84. The third-order valence-corrected chi connectivity index (χ3v) is 3.62. The number of rotatable bonds is 4. The Hall–Kier alpha value is -0.940. The topological polar surface area (TPSA) is 74.2 Å². The molecule has 1 aliphatic rings. The second-order valence-corrected chi connectivity index (χ2v) is 4.79. The Balaban J connectivity index is 2.03. The van der Waals surface area contributed by atoms with E-state index in [1.165, 1.54) is 32.1 Å². The van der Waals surface area contributed by atoms with Crippen molar-refractivity contribution in [3.63, 3.8) is 0 Å². The van der Waals surface area contributed by atoms with Gasteiger partial charge in [-0.3, -0.25) is 0 Å². The van der Waals surface area contributed by atoms with Gasteiger partial charge in [-0.25, -0.2) is 0 Å². The van der Waals surface area contributed by atoms with Gasteiger partial charge in [0.15, 0.2) is 5.82 Å². The first kappa shape index (κ1) is 12.5. The van der Waals surface area contributed by atoms with Crippen LogP contribution >= 0.6 is 0 Å². The summed E-state index contributed by atoms with van der Waals surface area (Å²) in [5.41, 5.74) is 6.19. The van der Waals surface area contributed by atoms with Gasteiger partial charge in [-0.15, -0.1) is 0 Å². The fourth-order valence-electron chi connectivity index (χ4n) is 2.35. The highest BCUT2D eigenvalue weighted by atomic mass is 16.5. The van der Waals surface area contributed by atoms with Crippen molar-refractivity contribution in [3.05, 3.63) is 11.7 Å². The van der Waals surface area contributed by atoms with Crippen LogP contribution in [-0.2, 0) is 4.74 Å². The molecular weight excluding hydrogens is 218 g/mol. The highest BCUT2D eigenvalue weighted by Gasteiger charge is 2.27. The maximum absolute atomic E-state index is 6.19. The van der Waals surface area contributed by atoms with Crippen LogP contribution in [0.15, 0.2) is 4.52 Å². The molecule has 96 valence electrons. The van der Waals surface area contributed by atoms with Crippen molar-refractivity contribution < 1.29 is 9.26 Å². The van der Waals surface area contributed by atoms with Gasteiger partial charge in [-0.1, -0.05) is 24.4 Å². The summed E-state index contributed by atoms with van der Waals surface area (Å²) in [4.78, 5) is 4.33. The molecule has 1 aliphatic carbocycles. The zero-order valence-corrected chi connectivity index (χ0v) is 10.6. The van der Waals surface area contributed by atoms with Crippen molar-refractivity contribution >= 4 is 0 Å². The van der Waals surface area contributed by atoms with Gasteiger partial charge in [0, 0.05) is 7.11 Å². The lowest BCUT2D eigenvalue weighted by molar-refractivity contribution is 0.109. The molecule has 2 N–H and O–H groups in total. The Labute approximate surface area is 102 Å². The molecule has 17 heavy (non-hydrogen) atoms. The molecule has 0 spiro atoms. The Morgan fingerprint density at radius 2 is 2.06 bits per heavy atom. The van der Waals surface area contributed by atoms with Crippen molar-refractivity contribution in [3.8, 4) is 0 Å². The Morgan fingerprint density at radius 1 is 1.35 bits per heavy atom. The summed E-state index contributed by atoms with van der Waals surface area (Å²) in [6.07, 6.45) is 6.02. The van der Waals surface area contributed by atoms with Gasteiger partial charge in [0.2, 0.25) is 5.89 Å². The predicted octanol–water partition coefficient (Wildman–Crippen LogP) is 2.36. The number of ether oxygens (including phenoxy) is 1. The molecular formula is C12H21N3O2. The molecule has 5 nitrogen and oxygen atoms in total. The minimum absolute atomic E-state index is 0.124. The van der Waals surface area contributed by atoms with Gasteiger partial charge in [0.1, 0.15) is 6.10 Å². The van der Waals surface area contributed by atoms with E-state index in [1.54, 1.807) is 7.11 Å². The summed E-state index contributed by atoms with van der Waals surface area (Å²) in [6, 6.07) is -0.124. The molecule has 1 saturated carbocycles. The van der Waals surface area contributed by atoms with Crippen LogP contribution in [-0.4, -0.2) is 17.3 Å². The number of nitrogens with two attached hydrogens (primary N) is 1. The molecule has 0 amide bonds. The predicted molar refractivity (Wildman–Crippen MR) is 63.2 cm³/mol. The number of methoxy groups -OCH3 is 1. The molecule has 0 aromatic carbocycles. The number of hydrogen-bond donors (Lipinski definition) is 1. The third-order valence-electron chi connectivity index (χ3n) is 3.62. The van der Waals surface area contributed by atoms with Crippen molar-refractivity contribution in [1.82, 2.24) is 10.1 Å². The molecule has 0 bridgehead atoms. The molecule has 5 heteroatoms. The maximum Gasteiger partial charge on any atom is 0.243 e. The highest BCUT2D eigenvalue weighted by Crippen LogP contribution is 2.32. The molecule has 0 aliphatic heterocycles. The summed E-state index contributed by atoms with van der Waals surface area (Å²) in [5.74, 6) is 1.61. The monoisotopic (exact) mass is 239 g/mol. The van der Waals surface area contributed by atoms with E-state index >= 15 is 0 Å². The van der Waals surface area contributed by atoms with Crippen molar-refractivity contribution in [1.29, 1.82) is 0 Å². The zero-order chi connectivity index (χ0) is 12.3. The van der Waals surface area contributed by atoms with E-state index in [0.717, 1.165) is 0 Å². The molecule has 2 atom stereocenters. The van der Waals surface area contributed by atoms with Gasteiger partial charge in [-0.2, -0.15) is 4.98 Å². The van der Waals surface area contributed by atoms with E-state index in [1.807, 2.05) is 6.92 Å². The number of nitrogens with zero attached hydrogens (tertiary/aromatic N) is 2. The first-order valence-electron chi connectivity index (χ1n) is 6.34. The van der Waals surface area contributed by atoms with Gasteiger partial charge in [0.05, 0.1) is 6.04 Å². The van der Waals surface area contributed by atoms with Crippen LogP contribution in [0.25, 0.3) is 0 Å². The van der Waals surface area contributed by atoms with Gasteiger partial charge in [-0.05, 0) is 25.7 Å². The van der Waals surface area contributed by atoms with E-state index in [9.17, 15) is 0 Å².